The van der Waals surface area contributed by atoms with Crippen molar-refractivity contribution >= 4 is 5.91 Å². The molecule has 0 spiro atoms. The fourth-order valence-electron chi connectivity index (χ4n) is 2.70. The van der Waals surface area contributed by atoms with Crippen LogP contribution in [-0.2, 0) is 37.5 Å². The second-order valence-corrected chi connectivity index (χ2v) is 5.04. The van der Waals surface area contributed by atoms with Crippen molar-refractivity contribution in [2.24, 2.45) is 23.5 Å². The van der Waals surface area contributed by atoms with Gasteiger partial charge in [0.15, 0.2) is 6.29 Å². The van der Waals surface area contributed by atoms with Crippen LogP contribution in [0.2, 0.25) is 0 Å². The molecule has 1 fully saturated rings. The molecule has 0 saturated heterocycles. The van der Waals surface area contributed by atoms with E-state index in [0.29, 0.717) is 17.8 Å². The van der Waals surface area contributed by atoms with Crippen LogP contribution in [0.15, 0.2) is 11.8 Å². The van der Waals surface area contributed by atoms with E-state index in [9.17, 15) is 4.79 Å². The Bertz CT molecular complexity index is 332. The molecule has 4 atom stereocenters. The Morgan fingerprint density at radius 1 is 1.53 bits per heavy atom. The number of rotatable bonds is 1. The maximum Gasteiger partial charge on any atom is 0.251 e. The average Bonchev–Trinajstić information content (AvgIpc) is 2.51. The van der Waals surface area contributed by atoms with Gasteiger partial charge in [0.1, 0.15) is 0 Å². The number of nitrogens with two attached hydrogens (primary N) is 1. The summed E-state index contributed by atoms with van der Waals surface area (Å²) >= 11 is 0. The molecule has 3 N–H and O–H groups in total. The predicted molar refractivity (Wildman–Crippen MR) is 62.7 cm³/mol. The second kappa shape index (κ2) is 5.81. The van der Waals surface area contributed by atoms with Gasteiger partial charge in [0.2, 0.25) is 0 Å². The molecule has 2 aliphatic rings. The van der Waals surface area contributed by atoms with Crippen LogP contribution in [0.5, 0.6) is 0 Å². The fraction of sp³-hybridized carbons (Fsp3) is 0.667. The molecule has 4 unspecified atom stereocenters. The zero-order valence-electron chi connectivity index (χ0n) is 10.7. The topological polar surface area (TPSA) is 58.4 Å². The molecular formula is C12H20N3OY-. The monoisotopic (exact) mass is 311 g/mol. The van der Waals surface area contributed by atoms with E-state index < -0.39 is 6.29 Å². The first-order valence-electron chi connectivity index (χ1n) is 5.84. The van der Waals surface area contributed by atoms with Crippen LogP contribution >= 0.6 is 0 Å². The van der Waals surface area contributed by atoms with Crippen molar-refractivity contribution in [1.82, 2.24) is 10.2 Å². The van der Waals surface area contributed by atoms with Crippen LogP contribution in [0.25, 0.3) is 0 Å². The molecule has 0 aromatic rings. The van der Waals surface area contributed by atoms with Crippen molar-refractivity contribution in [3.63, 3.8) is 0 Å². The third-order valence-corrected chi connectivity index (χ3v) is 3.61. The molecule has 4 nitrogen and oxygen atoms in total. The SMILES string of the molecule is CC1[CH-]C(C)C(C2=CN(C)C(N)NC2=O)C1.[Y]. The summed E-state index contributed by atoms with van der Waals surface area (Å²) in [6, 6.07) is 0. The van der Waals surface area contributed by atoms with E-state index in [2.05, 4.69) is 25.6 Å². The Morgan fingerprint density at radius 3 is 2.71 bits per heavy atom. The summed E-state index contributed by atoms with van der Waals surface area (Å²) in [5.41, 5.74) is 6.61. The van der Waals surface area contributed by atoms with Crippen LogP contribution in [0.4, 0.5) is 0 Å². The molecule has 17 heavy (non-hydrogen) atoms. The van der Waals surface area contributed by atoms with Gasteiger partial charge in [0, 0.05) is 51.5 Å². The minimum Gasteiger partial charge on any atom is -0.348 e. The first-order chi connectivity index (χ1) is 7.49. The van der Waals surface area contributed by atoms with Crippen molar-refractivity contribution < 1.29 is 37.5 Å². The molecule has 0 bridgehead atoms. The molecule has 0 aromatic carbocycles. The van der Waals surface area contributed by atoms with Gasteiger partial charge in [-0.1, -0.05) is 20.3 Å². The molecule has 1 amide bonds. The second-order valence-electron chi connectivity index (χ2n) is 5.04. The zero-order chi connectivity index (χ0) is 11.9. The molecule has 1 aliphatic heterocycles. The van der Waals surface area contributed by atoms with E-state index in [4.69, 9.17) is 5.73 Å². The third kappa shape index (κ3) is 3.09. The molecule has 1 radical (unpaired) electrons. The van der Waals surface area contributed by atoms with E-state index in [-0.39, 0.29) is 38.6 Å². The van der Waals surface area contributed by atoms with Gasteiger partial charge in [0.25, 0.3) is 5.91 Å². The summed E-state index contributed by atoms with van der Waals surface area (Å²) in [5.74, 6) is 1.39. The molecule has 1 heterocycles. The maximum atomic E-state index is 11.9. The fourth-order valence-corrected chi connectivity index (χ4v) is 2.70. The van der Waals surface area contributed by atoms with Crippen molar-refractivity contribution in [2.75, 3.05) is 7.05 Å². The smallest absolute Gasteiger partial charge is 0.251 e. The molecule has 2 rings (SSSR count). The van der Waals surface area contributed by atoms with Gasteiger partial charge in [-0.3, -0.25) is 10.5 Å². The van der Waals surface area contributed by atoms with Gasteiger partial charge < -0.3 is 16.6 Å². The normalized spacial score (nSPS) is 37.3. The molecule has 1 aliphatic carbocycles. The summed E-state index contributed by atoms with van der Waals surface area (Å²) in [7, 11) is 1.89. The van der Waals surface area contributed by atoms with Crippen molar-refractivity contribution in [3.05, 3.63) is 18.2 Å². The Kier molecular flexibility index (Phi) is 5.17. The number of hydrogen-bond acceptors (Lipinski definition) is 3. The van der Waals surface area contributed by atoms with Crippen LogP contribution in [-0.4, -0.2) is 24.1 Å². The van der Waals surface area contributed by atoms with E-state index in [0.717, 1.165) is 12.0 Å². The Hall–Kier alpha value is 0.0739. The van der Waals surface area contributed by atoms with E-state index in [1.54, 1.807) is 0 Å². The summed E-state index contributed by atoms with van der Waals surface area (Å²) in [6.45, 7) is 4.38. The molecular weight excluding hydrogens is 291 g/mol. The first kappa shape index (κ1) is 15.1. The van der Waals surface area contributed by atoms with E-state index >= 15 is 0 Å². The summed E-state index contributed by atoms with van der Waals surface area (Å²) in [5, 5.41) is 2.77. The van der Waals surface area contributed by atoms with Gasteiger partial charge in [-0.25, -0.2) is 0 Å². The standard InChI is InChI=1S/C12H20N3O.Y/c1-7-4-8(2)9(5-7)10-6-15(3)12(13)14-11(10)16;/h4,6-9,12H,5,13H2,1-3H3,(H,14,16);/q-1;. The summed E-state index contributed by atoms with van der Waals surface area (Å²) in [6.07, 6.45) is 4.89. The zero-order valence-corrected chi connectivity index (χ0v) is 13.5. The van der Waals surface area contributed by atoms with Crippen molar-refractivity contribution in [3.8, 4) is 0 Å². The molecule has 1 saturated carbocycles. The van der Waals surface area contributed by atoms with Crippen LogP contribution in [0.1, 0.15) is 20.3 Å². The number of hydrogen-bond donors (Lipinski definition) is 2. The van der Waals surface area contributed by atoms with Crippen LogP contribution in [0, 0.1) is 24.2 Å². The number of carbonyl (C=O) groups excluding carboxylic acids is 1. The first-order valence-corrected chi connectivity index (χ1v) is 5.84. The maximum absolute atomic E-state index is 11.9. The van der Waals surface area contributed by atoms with Crippen LogP contribution in [0.3, 0.4) is 0 Å². The number of carbonyl (C=O) groups is 1. The van der Waals surface area contributed by atoms with Gasteiger partial charge in [-0.05, 0) is 5.92 Å². The number of nitrogens with zero attached hydrogens (tertiary/aromatic N) is 1. The van der Waals surface area contributed by atoms with Gasteiger partial charge >= 0.3 is 0 Å². The summed E-state index contributed by atoms with van der Waals surface area (Å²) < 4.78 is 0. The van der Waals surface area contributed by atoms with Crippen molar-refractivity contribution in [2.45, 2.75) is 26.6 Å². The molecule has 93 valence electrons. The molecule has 0 aromatic heterocycles. The number of amides is 1. The van der Waals surface area contributed by atoms with Gasteiger partial charge in [-0.15, -0.1) is 0 Å². The predicted octanol–water partition coefficient (Wildman–Crippen LogP) is 0.668. The Morgan fingerprint density at radius 2 is 2.18 bits per heavy atom. The van der Waals surface area contributed by atoms with Crippen LogP contribution < -0.4 is 11.1 Å². The number of nitrogens with one attached hydrogen (secondary N) is 1. The minimum atomic E-state index is -0.394. The molecule has 5 heteroatoms. The van der Waals surface area contributed by atoms with Gasteiger partial charge in [-0.2, -0.15) is 11.8 Å². The van der Waals surface area contributed by atoms with Gasteiger partial charge in [0.05, 0.1) is 0 Å². The van der Waals surface area contributed by atoms with Crippen molar-refractivity contribution in [1.29, 1.82) is 0 Å². The minimum absolute atomic E-state index is 0. The Labute approximate surface area is 128 Å². The Balaban J connectivity index is 0.00000144. The summed E-state index contributed by atoms with van der Waals surface area (Å²) in [4.78, 5) is 13.7. The van der Waals surface area contributed by atoms with E-state index in [1.807, 2.05) is 18.1 Å². The largest absolute Gasteiger partial charge is 0.348 e. The average molecular weight is 311 g/mol. The third-order valence-electron chi connectivity index (χ3n) is 3.61. The van der Waals surface area contributed by atoms with E-state index in [1.165, 1.54) is 0 Å². The quantitative estimate of drug-likeness (QED) is 0.700.